The zero-order chi connectivity index (χ0) is 9.97. The normalized spacial score (nSPS) is 10.1. The number of benzene rings is 1. The van der Waals surface area contributed by atoms with E-state index in [1.807, 2.05) is 0 Å². The zero-order valence-corrected chi connectivity index (χ0v) is 7.73. The molecule has 1 heterocycles. The highest BCUT2D eigenvalue weighted by molar-refractivity contribution is 5.69. The Morgan fingerprint density at radius 2 is 2.29 bits per heavy atom. The first kappa shape index (κ1) is 8.62. The number of nitrogens with two attached hydrogens (primary N) is 1. The van der Waals surface area contributed by atoms with Crippen molar-refractivity contribution >= 4 is 5.69 Å². The third kappa shape index (κ3) is 1.42. The molecule has 0 fully saturated rings. The van der Waals surface area contributed by atoms with E-state index in [-0.39, 0.29) is 0 Å². The summed E-state index contributed by atoms with van der Waals surface area (Å²) in [5.41, 5.74) is 7.14. The van der Waals surface area contributed by atoms with Gasteiger partial charge < -0.3 is 14.9 Å². The van der Waals surface area contributed by atoms with Gasteiger partial charge in [0, 0.05) is 5.69 Å². The molecule has 1 aromatic heterocycles. The Labute approximate surface area is 81.3 Å². The summed E-state index contributed by atoms with van der Waals surface area (Å²) < 4.78 is 10.4. The first-order valence-corrected chi connectivity index (χ1v) is 4.13. The van der Waals surface area contributed by atoms with Crippen molar-refractivity contribution in [2.24, 2.45) is 0 Å². The lowest BCUT2D eigenvalue weighted by Gasteiger charge is -2.05. The van der Waals surface area contributed by atoms with Crippen molar-refractivity contribution in [3.8, 4) is 17.1 Å². The summed E-state index contributed by atoms with van der Waals surface area (Å²) in [6.07, 6.45) is 3.00. The van der Waals surface area contributed by atoms with Crippen LogP contribution in [-0.4, -0.2) is 12.1 Å². The molecule has 0 aliphatic heterocycles. The SMILES string of the molecule is COc1ccc(N)cc1-c1cnco1. The number of rotatable bonds is 2. The molecule has 2 N–H and O–H groups in total. The van der Waals surface area contributed by atoms with Gasteiger partial charge in [-0.15, -0.1) is 0 Å². The third-order valence-corrected chi connectivity index (χ3v) is 1.92. The summed E-state index contributed by atoms with van der Waals surface area (Å²) in [6, 6.07) is 5.37. The molecule has 0 amide bonds. The summed E-state index contributed by atoms with van der Waals surface area (Å²) >= 11 is 0. The van der Waals surface area contributed by atoms with E-state index in [9.17, 15) is 0 Å². The standard InChI is InChI=1S/C10H10N2O2/c1-13-9-3-2-7(11)4-8(9)10-5-12-6-14-10/h2-6H,11H2,1H3. The summed E-state index contributed by atoms with van der Waals surface area (Å²) in [4.78, 5) is 3.84. The van der Waals surface area contributed by atoms with Crippen LogP contribution in [0.25, 0.3) is 11.3 Å². The van der Waals surface area contributed by atoms with Crippen LogP contribution in [0.4, 0.5) is 5.69 Å². The molecular weight excluding hydrogens is 180 g/mol. The summed E-state index contributed by atoms with van der Waals surface area (Å²) in [7, 11) is 1.60. The number of methoxy groups -OCH3 is 1. The topological polar surface area (TPSA) is 61.3 Å². The highest BCUT2D eigenvalue weighted by Crippen LogP contribution is 2.31. The molecule has 0 aliphatic carbocycles. The van der Waals surface area contributed by atoms with Gasteiger partial charge in [0.25, 0.3) is 0 Å². The number of aromatic nitrogens is 1. The van der Waals surface area contributed by atoms with E-state index in [0.29, 0.717) is 11.4 Å². The molecule has 0 radical (unpaired) electrons. The number of anilines is 1. The molecule has 1 aromatic carbocycles. The van der Waals surface area contributed by atoms with Gasteiger partial charge >= 0.3 is 0 Å². The molecule has 72 valence electrons. The lowest BCUT2D eigenvalue weighted by molar-refractivity contribution is 0.414. The van der Waals surface area contributed by atoms with Crippen molar-refractivity contribution in [2.45, 2.75) is 0 Å². The van der Waals surface area contributed by atoms with E-state index in [2.05, 4.69) is 4.98 Å². The minimum atomic E-state index is 0.647. The molecule has 2 aromatic rings. The van der Waals surface area contributed by atoms with Gasteiger partial charge in [-0.1, -0.05) is 0 Å². The lowest BCUT2D eigenvalue weighted by atomic mass is 10.1. The maximum absolute atomic E-state index is 5.67. The summed E-state index contributed by atoms with van der Waals surface area (Å²) in [5, 5.41) is 0. The molecule has 0 spiro atoms. The van der Waals surface area contributed by atoms with E-state index < -0.39 is 0 Å². The fourth-order valence-corrected chi connectivity index (χ4v) is 1.27. The molecular formula is C10H10N2O2. The van der Waals surface area contributed by atoms with Crippen LogP contribution >= 0.6 is 0 Å². The molecule has 4 nitrogen and oxygen atoms in total. The molecule has 0 atom stereocenters. The van der Waals surface area contributed by atoms with Crippen LogP contribution in [-0.2, 0) is 0 Å². The van der Waals surface area contributed by atoms with Gasteiger partial charge in [-0.25, -0.2) is 4.98 Å². The maximum atomic E-state index is 5.67. The fraction of sp³-hybridized carbons (Fsp3) is 0.100. The second-order valence-corrected chi connectivity index (χ2v) is 2.83. The van der Waals surface area contributed by atoms with Crippen LogP contribution in [0, 0.1) is 0 Å². The fourth-order valence-electron chi connectivity index (χ4n) is 1.27. The minimum absolute atomic E-state index is 0.647. The van der Waals surface area contributed by atoms with E-state index in [0.717, 1.165) is 11.3 Å². The highest BCUT2D eigenvalue weighted by atomic mass is 16.5. The highest BCUT2D eigenvalue weighted by Gasteiger charge is 2.08. The number of nitrogens with zero attached hydrogens (tertiary/aromatic N) is 1. The van der Waals surface area contributed by atoms with E-state index in [4.69, 9.17) is 14.9 Å². The molecule has 0 bridgehead atoms. The van der Waals surface area contributed by atoms with Gasteiger partial charge in [-0.05, 0) is 18.2 Å². The Balaban J connectivity index is 2.55. The van der Waals surface area contributed by atoms with Gasteiger partial charge in [0.05, 0.1) is 18.9 Å². The molecule has 0 saturated carbocycles. The Morgan fingerprint density at radius 3 is 2.93 bits per heavy atom. The number of oxazole rings is 1. The van der Waals surface area contributed by atoms with Gasteiger partial charge in [0.1, 0.15) is 5.75 Å². The number of hydrogen-bond donors (Lipinski definition) is 1. The number of nitrogen functional groups attached to an aromatic ring is 1. The van der Waals surface area contributed by atoms with Crippen molar-refractivity contribution in [2.75, 3.05) is 12.8 Å². The lowest BCUT2D eigenvalue weighted by Crippen LogP contribution is -1.90. The number of ether oxygens (including phenoxy) is 1. The Bertz CT molecular complexity index is 424. The predicted octanol–water partition coefficient (Wildman–Crippen LogP) is 1.93. The van der Waals surface area contributed by atoms with E-state index in [1.54, 1.807) is 31.5 Å². The van der Waals surface area contributed by atoms with Crippen LogP contribution in [0.5, 0.6) is 5.75 Å². The van der Waals surface area contributed by atoms with Crippen molar-refractivity contribution < 1.29 is 9.15 Å². The van der Waals surface area contributed by atoms with Gasteiger partial charge in [0.15, 0.2) is 12.2 Å². The minimum Gasteiger partial charge on any atom is -0.496 e. The molecule has 0 unspecified atom stereocenters. The Morgan fingerprint density at radius 1 is 1.43 bits per heavy atom. The Hall–Kier alpha value is -1.97. The van der Waals surface area contributed by atoms with Gasteiger partial charge in [-0.2, -0.15) is 0 Å². The van der Waals surface area contributed by atoms with Crippen molar-refractivity contribution in [3.05, 3.63) is 30.8 Å². The Kier molecular flexibility index (Phi) is 2.10. The summed E-state index contributed by atoms with van der Waals surface area (Å²) in [6.45, 7) is 0. The van der Waals surface area contributed by atoms with Crippen LogP contribution in [0.15, 0.2) is 35.2 Å². The zero-order valence-electron chi connectivity index (χ0n) is 7.73. The van der Waals surface area contributed by atoms with Crippen molar-refractivity contribution in [1.82, 2.24) is 4.98 Å². The first-order valence-electron chi connectivity index (χ1n) is 4.13. The molecule has 0 aliphatic rings. The van der Waals surface area contributed by atoms with Gasteiger partial charge in [0.2, 0.25) is 0 Å². The van der Waals surface area contributed by atoms with E-state index >= 15 is 0 Å². The third-order valence-electron chi connectivity index (χ3n) is 1.92. The van der Waals surface area contributed by atoms with Crippen molar-refractivity contribution in [3.63, 3.8) is 0 Å². The largest absolute Gasteiger partial charge is 0.496 e. The van der Waals surface area contributed by atoms with Crippen LogP contribution < -0.4 is 10.5 Å². The summed E-state index contributed by atoms with van der Waals surface area (Å²) in [5.74, 6) is 1.37. The first-order chi connectivity index (χ1) is 6.81. The quantitative estimate of drug-likeness (QED) is 0.735. The average molecular weight is 190 g/mol. The van der Waals surface area contributed by atoms with Gasteiger partial charge in [-0.3, -0.25) is 0 Å². The molecule has 2 rings (SSSR count). The van der Waals surface area contributed by atoms with Crippen LogP contribution in [0.3, 0.4) is 0 Å². The predicted molar refractivity (Wildman–Crippen MR) is 52.9 cm³/mol. The van der Waals surface area contributed by atoms with E-state index in [1.165, 1.54) is 6.39 Å². The van der Waals surface area contributed by atoms with Crippen LogP contribution in [0.2, 0.25) is 0 Å². The smallest absolute Gasteiger partial charge is 0.181 e. The van der Waals surface area contributed by atoms with Crippen LogP contribution in [0.1, 0.15) is 0 Å². The average Bonchev–Trinajstić information content (AvgIpc) is 2.70. The van der Waals surface area contributed by atoms with Crippen molar-refractivity contribution in [1.29, 1.82) is 0 Å². The second kappa shape index (κ2) is 3.41. The monoisotopic (exact) mass is 190 g/mol. The molecule has 14 heavy (non-hydrogen) atoms. The molecule has 4 heteroatoms. The second-order valence-electron chi connectivity index (χ2n) is 2.83. The number of hydrogen-bond acceptors (Lipinski definition) is 4. The maximum Gasteiger partial charge on any atom is 0.181 e. The molecule has 0 saturated heterocycles.